The first-order chi connectivity index (χ1) is 23.3. The van der Waals surface area contributed by atoms with Gasteiger partial charge in [0, 0.05) is 73.5 Å². The first kappa shape index (κ1) is 31.8. The zero-order valence-corrected chi connectivity index (χ0v) is 28.6. The maximum absolute atomic E-state index is 13.9. The maximum Gasteiger partial charge on any atom is 0.257 e. The standard InChI is InChI=1S/C37H38BrN5O5/c1-47-27-11-12-29(38)28(20-27)36(45)39-30-19-25(37(46)41-16-14-40(15-17-41)33-6-3-4-8-34(33)48-2)10-13-32(30)42-21-24-18-26(23-42)31-7-5-9-35(44)43(31)22-24/h3-13,19-20,24,26H,14-18,21-23H2,1-2H3,(H,39,45). The third-order valence-corrected chi connectivity index (χ3v) is 10.4. The number of nitrogens with zero attached hydrogens (tertiary/aromatic N) is 4. The summed E-state index contributed by atoms with van der Waals surface area (Å²) in [6.45, 7) is 4.58. The van der Waals surface area contributed by atoms with Gasteiger partial charge in [0.2, 0.25) is 0 Å². The van der Waals surface area contributed by atoms with Crippen molar-refractivity contribution in [2.24, 2.45) is 5.92 Å². The molecule has 48 heavy (non-hydrogen) atoms. The van der Waals surface area contributed by atoms with Crippen LogP contribution in [0.4, 0.5) is 17.1 Å². The van der Waals surface area contributed by atoms with Gasteiger partial charge in [-0.3, -0.25) is 14.4 Å². The Balaban J connectivity index is 1.17. The van der Waals surface area contributed by atoms with Crippen molar-refractivity contribution in [3.8, 4) is 11.5 Å². The van der Waals surface area contributed by atoms with E-state index in [9.17, 15) is 14.4 Å². The molecule has 0 spiro atoms. The van der Waals surface area contributed by atoms with E-state index in [0.29, 0.717) is 66.3 Å². The minimum Gasteiger partial charge on any atom is -0.497 e. The Labute approximate surface area is 288 Å². The second-order valence-electron chi connectivity index (χ2n) is 12.6. The fraction of sp³-hybridized carbons (Fsp3) is 0.324. The van der Waals surface area contributed by atoms with Gasteiger partial charge in [0.05, 0.1) is 36.8 Å². The number of amides is 2. The van der Waals surface area contributed by atoms with E-state index in [2.05, 4.69) is 31.0 Å². The number of fused-ring (bicyclic) bond motifs is 4. The number of anilines is 3. The topological polar surface area (TPSA) is 96.3 Å². The number of ether oxygens (including phenoxy) is 2. The number of benzene rings is 3. The lowest BCUT2D eigenvalue weighted by Crippen LogP contribution is -2.49. The van der Waals surface area contributed by atoms with Gasteiger partial charge in [0.15, 0.2) is 0 Å². The smallest absolute Gasteiger partial charge is 0.257 e. The molecule has 10 nitrogen and oxygen atoms in total. The van der Waals surface area contributed by atoms with Crippen LogP contribution in [0.25, 0.3) is 0 Å². The average Bonchev–Trinajstić information content (AvgIpc) is 3.12. The average molecular weight is 713 g/mol. The van der Waals surface area contributed by atoms with Gasteiger partial charge in [-0.05, 0) is 82.9 Å². The van der Waals surface area contributed by atoms with E-state index in [0.717, 1.165) is 35.8 Å². The molecule has 3 aromatic carbocycles. The maximum atomic E-state index is 13.9. The van der Waals surface area contributed by atoms with Crippen molar-refractivity contribution in [3.05, 3.63) is 111 Å². The number of methoxy groups -OCH3 is 2. The summed E-state index contributed by atoms with van der Waals surface area (Å²) >= 11 is 3.52. The number of pyridine rings is 1. The summed E-state index contributed by atoms with van der Waals surface area (Å²) in [5.41, 5.74) is 4.46. The van der Waals surface area contributed by atoms with E-state index in [1.165, 1.54) is 0 Å². The van der Waals surface area contributed by atoms with Crippen molar-refractivity contribution in [1.29, 1.82) is 0 Å². The first-order valence-corrected chi connectivity index (χ1v) is 17.0. The van der Waals surface area contributed by atoms with Crippen molar-refractivity contribution >= 4 is 44.8 Å². The Kier molecular flexibility index (Phi) is 8.87. The number of rotatable bonds is 7. The molecule has 4 heterocycles. The van der Waals surface area contributed by atoms with Crippen molar-refractivity contribution in [2.45, 2.75) is 18.9 Å². The highest BCUT2D eigenvalue weighted by molar-refractivity contribution is 9.10. The van der Waals surface area contributed by atoms with Crippen LogP contribution in [0.15, 0.2) is 88.1 Å². The SMILES string of the molecule is COc1ccc(Br)c(C(=O)Nc2cc(C(=O)N3CCN(c4ccccc4OC)CC3)ccc2N2CC3CC(C2)c2cccc(=O)n2C3)c1. The van der Waals surface area contributed by atoms with Crippen LogP contribution < -0.4 is 30.1 Å². The third kappa shape index (κ3) is 6.14. The number of carbonyl (C=O) groups is 2. The van der Waals surface area contributed by atoms with Crippen LogP contribution in [0.2, 0.25) is 0 Å². The van der Waals surface area contributed by atoms with E-state index in [1.54, 1.807) is 44.6 Å². The molecular formula is C37H38BrN5O5. The summed E-state index contributed by atoms with van der Waals surface area (Å²) in [5.74, 6) is 1.46. The summed E-state index contributed by atoms with van der Waals surface area (Å²) in [5, 5.41) is 3.14. The number of carbonyl (C=O) groups excluding carboxylic acids is 2. The molecule has 2 bridgehead atoms. The molecule has 2 saturated heterocycles. The monoisotopic (exact) mass is 711 g/mol. The highest BCUT2D eigenvalue weighted by atomic mass is 79.9. The van der Waals surface area contributed by atoms with Crippen molar-refractivity contribution in [3.63, 3.8) is 0 Å². The zero-order chi connectivity index (χ0) is 33.4. The van der Waals surface area contributed by atoms with Crippen LogP contribution in [-0.4, -0.2) is 74.8 Å². The third-order valence-electron chi connectivity index (χ3n) is 9.72. The Morgan fingerprint density at radius 1 is 0.812 bits per heavy atom. The molecule has 0 saturated carbocycles. The molecule has 1 aromatic heterocycles. The zero-order valence-electron chi connectivity index (χ0n) is 27.0. The Bertz CT molecular complexity index is 1920. The van der Waals surface area contributed by atoms with E-state index >= 15 is 0 Å². The molecule has 3 aliphatic rings. The predicted molar refractivity (Wildman–Crippen MR) is 190 cm³/mol. The van der Waals surface area contributed by atoms with Gasteiger partial charge in [0.1, 0.15) is 11.5 Å². The Hall–Kier alpha value is -4.77. The van der Waals surface area contributed by atoms with E-state index in [1.807, 2.05) is 58.0 Å². The molecule has 0 radical (unpaired) electrons. The molecule has 7 rings (SSSR count). The molecular weight excluding hydrogens is 674 g/mol. The quantitative estimate of drug-likeness (QED) is 0.272. The van der Waals surface area contributed by atoms with Crippen molar-refractivity contribution in [2.75, 3.05) is 68.6 Å². The van der Waals surface area contributed by atoms with E-state index in [4.69, 9.17) is 9.47 Å². The molecule has 0 aliphatic carbocycles. The predicted octanol–water partition coefficient (Wildman–Crippen LogP) is 5.47. The minimum absolute atomic E-state index is 0.0408. The fourth-order valence-electron chi connectivity index (χ4n) is 7.36. The summed E-state index contributed by atoms with van der Waals surface area (Å²) in [6.07, 6.45) is 1.01. The van der Waals surface area contributed by atoms with Gasteiger partial charge in [-0.25, -0.2) is 0 Å². The number of hydrogen-bond acceptors (Lipinski definition) is 7. The number of halogens is 1. The van der Waals surface area contributed by atoms with Crippen LogP contribution in [0.3, 0.4) is 0 Å². The summed E-state index contributed by atoms with van der Waals surface area (Å²) in [7, 11) is 3.23. The highest BCUT2D eigenvalue weighted by Gasteiger charge is 2.36. The van der Waals surface area contributed by atoms with Crippen LogP contribution in [0.5, 0.6) is 11.5 Å². The number of piperidine rings is 1. The summed E-state index contributed by atoms with van der Waals surface area (Å²) < 4.78 is 13.5. The Morgan fingerprint density at radius 2 is 1.62 bits per heavy atom. The van der Waals surface area contributed by atoms with Gasteiger partial charge in [-0.15, -0.1) is 0 Å². The molecule has 11 heteroatoms. The molecule has 4 aromatic rings. The minimum atomic E-state index is -0.314. The molecule has 2 amide bonds. The Morgan fingerprint density at radius 3 is 2.42 bits per heavy atom. The van der Waals surface area contributed by atoms with Gasteiger partial charge >= 0.3 is 0 Å². The second-order valence-corrected chi connectivity index (χ2v) is 13.4. The number of para-hydroxylation sites is 2. The lowest BCUT2D eigenvalue weighted by atomic mass is 9.83. The number of hydrogen-bond donors (Lipinski definition) is 1. The molecule has 2 unspecified atom stereocenters. The van der Waals surface area contributed by atoms with Crippen LogP contribution >= 0.6 is 15.9 Å². The lowest BCUT2D eigenvalue weighted by molar-refractivity contribution is 0.0746. The lowest BCUT2D eigenvalue weighted by Gasteiger charge is -2.44. The molecule has 2 fully saturated rings. The summed E-state index contributed by atoms with van der Waals surface area (Å²) in [6, 6.07) is 24.3. The van der Waals surface area contributed by atoms with Crippen LogP contribution in [0, 0.1) is 5.92 Å². The summed E-state index contributed by atoms with van der Waals surface area (Å²) in [4.78, 5) is 46.7. The van der Waals surface area contributed by atoms with Crippen molar-refractivity contribution < 1.29 is 19.1 Å². The number of nitrogens with one attached hydrogen (secondary N) is 1. The van der Waals surface area contributed by atoms with Gasteiger partial charge in [-0.2, -0.15) is 0 Å². The van der Waals surface area contributed by atoms with Crippen LogP contribution in [-0.2, 0) is 6.54 Å². The highest BCUT2D eigenvalue weighted by Crippen LogP contribution is 2.40. The normalized spacial score (nSPS) is 18.6. The van der Waals surface area contributed by atoms with Gasteiger partial charge in [0.25, 0.3) is 17.4 Å². The van der Waals surface area contributed by atoms with E-state index < -0.39 is 0 Å². The molecule has 2 atom stereocenters. The molecule has 1 N–H and O–H groups in total. The van der Waals surface area contributed by atoms with E-state index in [-0.39, 0.29) is 29.2 Å². The van der Waals surface area contributed by atoms with Crippen LogP contribution in [0.1, 0.15) is 38.7 Å². The van der Waals surface area contributed by atoms with Gasteiger partial charge in [-0.1, -0.05) is 18.2 Å². The number of aromatic nitrogens is 1. The first-order valence-electron chi connectivity index (χ1n) is 16.2. The number of piperazine rings is 1. The largest absolute Gasteiger partial charge is 0.497 e. The second kappa shape index (κ2) is 13.4. The van der Waals surface area contributed by atoms with Gasteiger partial charge < -0.3 is 34.1 Å². The van der Waals surface area contributed by atoms with Crippen molar-refractivity contribution in [1.82, 2.24) is 9.47 Å². The fourth-order valence-corrected chi connectivity index (χ4v) is 7.78. The molecule has 248 valence electrons. The molecule has 3 aliphatic heterocycles.